The van der Waals surface area contributed by atoms with Gasteiger partial charge < -0.3 is 0 Å². The molecule has 4 aromatic rings. The Bertz CT molecular complexity index is 1030. The second kappa shape index (κ2) is 5.70. The van der Waals surface area contributed by atoms with Gasteiger partial charge in [-0.3, -0.25) is 10.1 Å². The van der Waals surface area contributed by atoms with Crippen molar-refractivity contribution in [1.82, 2.24) is 30.5 Å². The van der Waals surface area contributed by atoms with Crippen LogP contribution < -0.4 is 0 Å². The highest BCUT2D eigenvalue weighted by Gasteiger charge is 2.21. The van der Waals surface area contributed by atoms with Gasteiger partial charge in [-0.05, 0) is 50.7 Å². The van der Waals surface area contributed by atoms with Crippen molar-refractivity contribution >= 4 is 28.5 Å². The first-order valence-corrected chi connectivity index (χ1v) is 7.47. The Kier molecular flexibility index (Phi) is 3.39. The van der Waals surface area contributed by atoms with Crippen molar-refractivity contribution in [2.45, 2.75) is 10.1 Å². The number of tetrazole rings is 1. The first-order chi connectivity index (χ1) is 11.7. The third-order valence-corrected chi connectivity index (χ3v) is 4.18. The standard InChI is InChI=1S/C13H7N7O3S/c21-20(22)9-6-7-10(12-11(9)15-23-16-12)24-13-14-17-18-19(13)8-4-2-1-3-5-8/h1-7H. The summed E-state index contributed by atoms with van der Waals surface area (Å²) in [6.07, 6.45) is 0. The zero-order valence-electron chi connectivity index (χ0n) is 11.8. The SMILES string of the molecule is O=[N+]([O-])c1ccc(Sc2nnnn2-c2ccccc2)c2nonc12. The molecule has 11 heteroatoms. The number of nitro benzene ring substituents is 1. The number of para-hydroxylation sites is 1. The van der Waals surface area contributed by atoms with Gasteiger partial charge in [-0.2, -0.15) is 4.68 Å². The van der Waals surface area contributed by atoms with Crippen LogP contribution in [0.1, 0.15) is 0 Å². The van der Waals surface area contributed by atoms with Crippen LogP contribution in [0, 0.1) is 10.1 Å². The molecule has 0 saturated heterocycles. The smallest absolute Gasteiger partial charge is 0.258 e. The minimum Gasteiger partial charge on any atom is -0.258 e. The van der Waals surface area contributed by atoms with Crippen molar-refractivity contribution in [3.05, 3.63) is 52.6 Å². The summed E-state index contributed by atoms with van der Waals surface area (Å²) in [5, 5.41) is 30.5. The molecule has 0 spiro atoms. The van der Waals surface area contributed by atoms with Crippen LogP contribution in [0.15, 0.2) is 57.1 Å². The molecule has 2 aromatic carbocycles. The highest BCUT2D eigenvalue weighted by Crippen LogP contribution is 2.35. The first kappa shape index (κ1) is 14.3. The Labute approximate surface area is 137 Å². The lowest BCUT2D eigenvalue weighted by Gasteiger charge is -2.04. The molecule has 0 unspecified atom stereocenters. The van der Waals surface area contributed by atoms with Crippen molar-refractivity contribution in [3.8, 4) is 5.69 Å². The molecule has 0 bridgehead atoms. The third-order valence-electron chi connectivity index (χ3n) is 3.20. The average Bonchev–Trinajstić information content (AvgIpc) is 3.25. The molecule has 0 saturated carbocycles. The van der Waals surface area contributed by atoms with Crippen molar-refractivity contribution in [2.24, 2.45) is 0 Å². The average molecular weight is 341 g/mol. The van der Waals surface area contributed by atoms with E-state index in [2.05, 4.69) is 30.5 Å². The van der Waals surface area contributed by atoms with Crippen LogP contribution in [0.4, 0.5) is 5.69 Å². The number of hydrogen-bond donors (Lipinski definition) is 0. The highest BCUT2D eigenvalue weighted by atomic mass is 32.2. The molecule has 0 radical (unpaired) electrons. The van der Waals surface area contributed by atoms with Crippen molar-refractivity contribution < 1.29 is 9.55 Å². The number of benzene rings is 2. The summed E-state index contributed by atoms with van der Waals surface area (Å²) < 4.78 is 6.22. The van der Waals surface area contributed by atoms with Crippen LogP contribution in [-0.4, -0.2) is 35.4 Å². The first-order valence-electron chi connectivity index (χ1n) is 6.65. The molecule has 10 nitrogen and oxygen atoms in total. The van der Waals surface area contributed by atoms with Gasteiger partial charge in [0.1, 0.15) is 0 Å². The van der Waals surface area contributed by atoms with E-state index in [4.69, 9.17) is 0 Å². The van der Waals surface area contributed by atoms with E-state index in [0.717, 1.165) is 5.69 Å². The fourth-order valence-electron chi connectivity index (χ4n) is 2.13. The highest BCUT2D eigenvalue weighted by molar-refractivity contribution is 7.99. The van der Waals surface area contributed by atoms with Gasteiger partial charge in [0.25, 0.3) is 0 Å². The molecule has 0 amide bonds. The minimum absolute atomic E-state index is 0.0868. The third kappa shape index (κ3) is 2.36. The maximum absolute atomic E-state index is 11.0. The second-order valence-electron chi connectivity index (χ2n) is 4.61. The Morgan fingerprint density at radius 2 is 1.88 bits per heavy atom. The minimum atomic E-state index is -0.533. The number of nitrogens with zero attached hydrogens (tertiary/aromatic N) is 7. The molecule has 0 N–H and O–H groups in total. The molecular formula is C13H7N7O3S. The predicted octanol–water partition coefficient (Wildman–Crippen LogP) is 2.26. The summed E-state index contributed by atoms with van der Waals surface area (Å²) in [5.41, 5.74) is 1.00. The van der Waals surface area contributed by atoms with E-state index in [-0.39, 0.29) is 16.7 Å². The summed E-state index contributed by atoms with van der Waals surface area (Å²) >= 11 is 1.21. The largest absolute Gasteiger partial charge is 0.300 e. The maximum atomic E-state index is 11.0. The Morgan fingerprint density at radius 3 is 2.67 bits per heavy atom. The monoisotopic (exact) mass is 341 g/mol. The van der Waals surface area contributed by atoms with E-state index in [1.807, 2.05) is 30.3 Å². The molecule has 2 aromatic heterocycles. The molecule has 0 aliphatic rings. The van der Waals surface area contributed by atoms with Crippen LogP contribution in [-0.2, 0) is 0 Å². The number of aromatic nitrogens is 6. The van der Waals surface area contributed by atoms with Crippen LogP contribution in [0.2, 0.25) is 0 Å². The number of fused-ring (bicyclic) bond motifs is 1. The van der Waals surface area contributed by atoms with Crippen molar-refractivity contribution in [2.75, 3.05) is 0 Å². The summed E-state index contributed by atoms with van der Waals surface area (Å²) in [4.78, 5) is 11.1. The summed E-state index contributed by atoms with van der Waals surface area (Å²) in [6, 6.07) is 12.3. The molecule has 0 aliphatic heterocycles. The van der Waals surface area contributed by atoms with Gasteiger partial charge in [0, 0.05) is 11.0 Å². The summed E-state index contributed by atoms with van der Waals surface area (Å²) in [7, 11) is 0. The lowest BCUT2D eigenvalue weighted by Crippen LogP contribution is -1.98. The van der Waals surface area contributed by atoms with Crippen molar-refractivity contribution in [3.63, 3.8) is 0 Å². The predicted molar refractivity (Wildman–Crippen MR) is 81.7 cm³/mol. The zero-order valence-corrected chi connectivity index (χ0v) is 12.6. The van der Waals surface area contributed by atoms with Gasteiger partial charge in [0.2, 0.25) is 10.7 Å². The van der Waals surface area contributed by atoms with Gasteiger partial charge in [-0.1, -0.05) is 18.2 Å². The Morgan fingerprint density at radius 1 is 1.08 bits per heavy atom. The molecular weight excluding hydrogens is 334 g/mol. The van der Waals surface area contributed by atoms with Gasteiger partial charge >= 0.3 is 5.69 Å². The summed E-state index contributed by atoms with van der Waals surface area (Å²) in [6.45, 7) is 0. The van der Waals surface area contributed by atoms with E-state index in [0.29, 0.717) is 10.1 Å². The van der Waals surface area contributed by atoms with Crippen LogP contribution in [0.25, 0.3) is 16.7 Å². The van der Waals surface area contributed by atoms with E-state index >= 15 is 0 Å². The Balaban J connectivity index is 1.77. The fraction of sp³-hybridized carbons (Fsp3) is 0. The van der Waals surface area contributed by atoms with Crippen LogP contribution >= 0.6 is 11.8 Å². The second-order valence-corrected chi connectivity index (χ2v) is 5.62. The number of rotatable bonds is 4. The lowest BCUT2D eigenvalue weighted by molar-refractivity contribution is -0.383. The van der Waals surface area contributed by atoms with Gasteiger partial charge in [-0.15, -0.1) is 5.10 Å². The summed E-state index contributed by atoms with van der Waals surface area (Å²) in [5.74, 6) is 0. The van der Waals surface area contributed by atoms with Gasteiger partial charge in [0.15, 0.2) is 5.52 Å². The molecule has 0 atom stereocenters. The zero-order chi connectivity index (χ0) is 16.5. The van der Waals surface area contributed by atoms with E-state index < -0.39 is 4.92 Å². The van der Waals surface area contributed by atoms with Crippen LogP contribution in [0.3, 0.4) is 0 Å². The van der Waals surface area contributed by atoms with Crippen LogP contribution in [0.5, 0.6) is 0 Å². The topological polar surface area (TPSA) is 126 Å². The molecule has 0 fully saturated rings. The number of nitro groups is 1. The molecule has 4 rings (SSSR count). The lowest BCUT2D eigenvalue weighted by atomic mass is 10.3. The van der Waals surface area contributed by atoms with E-state index in [1.54, 1.807) is 10.7 Å². The quantitative estimate of drug-likeness (QED) is 0.405. The van der Waals surface area contributed by atoms with Crippen molar-refractivity contribution in [1.29, 1.82) is 0 Å². The molecule has 0 aliphatic carbocycles. The van der Waals surface area contributed by atoms with Gasteiger partial charge in [-0.25, -0.2) is 4.63 Å². The fourth-order valence-corrected chi connectivity index (χ4v) is 3.00. The van der Waals surface area contributed by atoms with Gasteiger partial charge in [0.05, 0.1) is 10.6 Å². The molecule has 2 heterocycles. The van der Waals surface area contributed by atoms with E-state index in [1.165, 1.54) is 17.8 Å². The van der Waals surface area contributed by atoms with E-state index in [9.17, 15) is 10.1 Å². The molecule has 118 valence electrons. The molecule has 24 heavy (non-hydrogen) atoms. The Hall–Kier alpha value is -3.34. The normalized spacial score (nSPS) is 11.0. The maximum Gasteiger partial charge on any atom is 0.300 e. The number of non-ortho nitro benzene ring substituents is 1. The number of hydrogen-bond acceptors (Lipinski definition) is 9.